The summed E-state index contributed by atoms with van der Waals surface area (Å²) in [7, 11) is 0. The number of carbonyl (C=O) groups is 2. The molecule has 0 aliphatic carbocycles. The van der Waals surface area contributed by atoms with Gasteiger partial charge in [-0.1, -0.05) is 74.0 Å². The smallest absolute Gasteiger partial charge is 0.255 e. The van der Waals surface area contributed by atoms with Gasteiger partial charge >= 0.3 is 0 Å². The molecule has 1 aliphatic rings. The first kappa shape index (κ1) is 19.2. The molecule has 0 bridgehead atoms. The predicted molar refractivity (Wildman–Crippen MR) is 116 cm³/mol. The summed E-state index contributed by atoms with van der Waals surface area (Å²) >= 11 is 0. The number of rotatable bonds is 7. The van der Waals surface area contributed by atoms with Gasteiger partial charge in [-0.2, -0.15) is 0 Å². The average molecular weight is 386 g/mol. The van der Waals surface area contributed by atoms with Crippen LogP contribution >= 0.6 is 0 Å². The molecule has 2 amide bonds. The largest absolute Gasteiger partial charge is 0.354 e. The number of fused-ring (bicyclic) bond motifs is 2. The van der Waals surface area contributed by atoms with Gasteiger partial charge < -0.3 is 10.2 Å². The first-order valence-corrected chi connectivity index (χ1v) is 10.3. The van der Waals surface area contributed by atoms with E-state index >= 15 is 0 Å². The summed E-state index contributed by atoms with van der Waals surface area (Å²) < 4.78 is 0. The minimum atomic E-state index is -0.545. The SMILES string of the molecule is CCCCNC(=O)C1c2ccccc2C(=O)N1CCc1ccc2ccccc2c1. The third kappa shape index (κ3) is 3.88. The third-order valence-electron chi connectivity index (χ3n) is 5.59. The summed E-state index contributed by atoms with van der Waals surface area (Å²) in [5, 5.41) is 5.40. The van der Waals surface area contributed by atoms with E-state index in [0.29, 0.717) is 25.1 Å². The van der Waals surface area contributed by atoms with Crippen LogP contribution in [0.1, 0.15) is 47.3 Å². The molecule has 0 fully saturated rings. The molecule has 0 saturated carbocycles. The van der Waals surface area contributed by atoms with Crippen molar-refractivity contribution in [2.45, 2.75) is 32.2 Å². The van der Waals surface area contributed by atoms with Crippen LogP contribution in [-0.4, -0.2) is 29.8 Å². The number of carbonyl (C=O) groups excluding carboxylic acids is 2. The van der Waals surface area contributed by atoms with Crippen molar-refractivity contribution < 1.29 is 9.59 Å². The molecule has 1 aliphatic heterocycles. The lowest BCUT2D eigenvalue weighted by atomic mass is 10.0. The van der Waals surface area contributed by atoms with Crippen molar-refractivity contribution >= 4 is 22.6 Å². The number of hydrogen-bond acceptors (Lipinski definition) is 2. The van der Waals surface area contributed by atoms with Crippen LogP contribution in [0.25, 0.3) is 10.8 Å². The van der Waals surface area contributed by atoms with Gasteiger partial charge in [-0.3, -0.25) is 9.59 Å². The van der Waals surface area contributed by atoms with Crippen molar-refractivity contribution in [2.24, 2.45) is 0 Å². The molecule has 0 radical (unpaired) electrons. The van der Waals surface area contributed by atoms with E-state index in [9.17, 15) is 9.59 Å². The molecule has 0 aromatic heterocycles. The summed E-state index contributed by atoms with van der Waals surface area (Å²) in [5.41, 5.74) is 2.62. The second kappa shape index (κ2) is 8.48. The fourth-order valence-electron chi connectivity index (χ4n) is 4.01. The van der Waals surface area contributed by atoms with Gasteiger partial charge in [0.15, 0.2) is 0 Å². The van der Waals surface area contributed by atoms with Crippen LogP contribution in [0, 0.1) is 0 Å². The van der Waals surface area contributed by atoms with Crippen molar-refractivity contribution in [1.82, 2.24) is 10.2 Å². The molecule has 0 saturated heterocycles. The molecule has 1 atom stereocenters. The van der Waals surface area contributed by atoms with E-state index < -0.39 is 6.04 Å². The molecule has 1 heterocycles. The van der Waals surface area contributed by atoms with Crippen molar-refractivity contribution in [2.75, 3.05) is 13.1 Å². The maximum absolute atomic E-state index is 13.0. The zero-order valence-electron chi connectivity index (χ0n) is 16.7. The Hall–Kier alpha value is -3.14. The van der Waals surface area contributed by atoms with Crippen molar-refractivity contribution in [3.05, 3.63) is 83.4 Å². The summed E-state index contributed by atoms with van der Waals surface area (Å²) in [5.74, 6) is -0.146. The van der Waals surface area contributed by atoms with Crippen LogP contribution in [0.2, 0.25) is 0 Å². The molecule has 3 aromatic rings. The second-order valence-electron chi connectivity index (χ2n) is 7.56. The third-order valence-corrected chi connectivity index (χ3v) is 5.59. The summed E-state index contributed by atoms with van der Waals surface area (Å²) in [6, 6.07) is 21.6. The summed E-state index contributed by atoms with van der Waals surface area (Å²) in [6.07, 6.45) is 2.67. The molecule has 148 valence electrons. The number of benzene rings is 3. The Bertz CT molecular complexity index is 1040. The summed E-state index contributed by atoms with van der Waals surface area (Å²) in [6.45, 7) is 3.24. The van der Waals surface area contributed by atoms with Gasteiger partial charge in [-0.15, -0.1) is 0 Å². The van der Waals surface area contributed by atoms with Crippen LogP contribution in [0.5, 0.6) is 0 Å². The van der Waals surface area contributed by atoms with Gasteiger partial charge in [0.05, 0.1) is 0 Å². The van der Waals surface area contributed by atoms with Crippen LogP contribution in [-0.2, 0) is 11.2 Å². The molecule has 4 rings (SSSR count). The molecule has 1 unspecified atom stereocenters. The minimum Gasteiger partial charge on any atom is -0.354 e. The van der Waals surface area contributed by atoms with Gasteiger partial charge in [0.1, 0.15) is 6.04 Å². The number of amides is 2. The van der Waals surface area contributed by atoms with E-state index in [-0.39, 0.29) is 11.8 Å². The summed E-state index contributed by atoms with van der Waals surface area (Å²) in [4.78, 5) is 27.7. The van der Waals surface area contributed by atoms with E-state index in [1.165, 1.54) is 10.8 Å². The Labute approximate surface area is 171 Å². The van der Waals surface area contributed by atoms with Gasteiger partial charge in [0, 0.05) is 18.7 Å². The normalized spacial score (nSPS) is 15.6. The second-order valence-corrected chi connectivity index (χ2v) is 7.56. The average Bonchev–Trinajstić information content (AvgIpc) is 3.04. The highest BCUT2D eigenvalue weighted by Gasteiger charge is 2.40. The molecule has 3 aromatic carbocycles. The fourth-order valence-corrected chi connectivity index (χ4v) is 4.01. The van der Waals surface area contributed by atoms with E-state index in [2.05, 4.69) is 42.6 Å². The molecule has 4 heteroatoms. The van der Waals surface area contributed by atoms with Crippen LogP contribution in [0.15, 0.2) is 66.7 Å². The molecule has 1 N–H and O–H groups in total. The quantitative estimate of drug-likeness (QED) is 0.608. The molecule has 4 nitrogen and oxygen atoms in total. The first-order valence-electron chi connectivity index (χ1n) is 10.3. The van der Waals surface area contributed by atoms with E-state index in [4.69, 9.17) is 0 Å². The van der Waals surface area contributed by atoms with Gasteiger partial charge in [0.2, 0.25) is 5.91 Å². The lowest BCUT2D eigenvalue weighted by molar-refractivity contribution is -0.125. The Balaban J connectivity index is 1.55. The predicted octanol–water partition coefficient (Wildman–Crippen LogP) is 4.50. The number of hydrogen-bond donors (Lipinski definition) is 1. The molecule has 29 heavy (non-hydrogen) atoms. The Morgan fingerprint density at radius 1 is 1.00 bits per heavy atom. The highest BCUT2D eigenvalue weighted by molar-refractivity contribution is 6.04. The Morgan fingerprint density at radius 2 is 1.76 bits per heavy atom. The van der Waals surface area contributed by atoms with Gasteiger partial charge in [-0.05, 0) is 40.8 Å². The van der Waals surface area contributed by atoms with Crippen molar-refractivity contribution in [3.63, 3.8) is 0 Å². The lowest BCUT2D eigenvalue weighted by Crippen LogP contribution is -2.40. The molecular weight excluding hydrogens is 360 g/mol. The van der Waals surface area contributed by atoms with Gasteiger partial charge in [0.25, 0.3) is 5.91 Å². The standard InChI is InChI=1S/C25H26N2O2/c1-2-3-15-26-24(28)23-21-10-6-7-11-22(21)25(29)27(23)16-14-18-12-13-19-8-4-5-9-20(19)17-18/h4-13,17,23H,2-3,14-16H2,1H3,(H,26,28). The molecule has 0 spiro atoms. The maximum atomic E-state index is 13.0. The molecular formula is C25H26N2O2. The van der Waals surface area contributed by atoms with E-state index in [1.54, 1.807) is 4.90 Å². The van der Waals surface area contributed by atoms with Crippen molar-refractivity contribution in [3.8, 4) is 0 Å². The maximum Gasteiger partial charge on any atom is 0.255 e. The van der Waals surface area contributed by atoms with E-state index in [1.807, 2.05) is 36.4 Å². The highest BCUT2D eigenvalue weighted by Crippen LogP contribution is 2.34. The minimum absolute atomic E-state index is 0.0583. The Morgan fingerprint density at radius 3 is 2.59 bits per heavy atom. The first-order chi connectivity index (χ1) is 14.2. The van der Waals surface area contributed by atoms with Crippen LogP contribution in [0.3, 0.4) is 0 Å². The number of nitrogens with one attached hydrogen (secondary N) is 1. The van der Waals surface area contributed by atoms with E-state index in [0.717, 1.165) is 24.0 Å². The zero-order chi connectivity index (χ0) is 20.2. The topological polar surface area (TPSA) is 49.4 Å². The Kier molecular flexibility index (Phi) is 5.61. The van der Waals surface area contributed by atoms with Gasteiger partial charge in [-0.25, -0.2) is 0 Å². The van der Waals surface area contributed by atoms with Crippen LogP contribution in [0.4, 0.5) is 0 Å². The highest BCUT2D eigenvalue weighted by atomic mass is 16.2. The van der Waals surface area contributed by atoms with Crippen molar-refractivity contribution in [1.29, 1.82) is 0 Å². The number of nitrogens with zero attached hydrogens (tertiary/aromatic N) is 1. The monoisotopic (exact) mass is 386 g/mol. The lowest BCUT2D eigenvalue weighted by Gasteiger charge is -2.25. The fraction of sp³-hybridized carbons (Fsp3) is 0.280. The zero-order valence-corrected chi connectivity index (χ0v) is 16.7. The number of unbranched alkanes of at least 4 members (excludes halogenated alkanes) is 1. The van der Waals surface area contributed by atoms with Crippen LogP contribution < -0.4 is 5.32 Å².